The Labute approximate surface area is 163 Å². The molecule has 1 fully saturated rings. The molecule has 28 heavy (non-hydrogen) atoms. The van der Waals surface area contributed by atoms with Crippen molar-refractivity contribution in [3.8, 4) is 0 Å². The van der Waals surface area contributed by atoms with Crippen molar-refractivity contribution in [2.75, 3.05) is 31.1 Å². The lowest BCUT2D eigenvalue weighted by Crippen LogP contribution is -2.44. The molecule has 0 amide bonds. The Hall–Kier alpha value is -2.71. The van der Waals surface area contributed by atoms with Gasteiger partial charge in [-0.1, -0.05) is 13.0 Å². The average molecular weight is 391 g/mol. The smallest absolute Gasteiger partial charge is 0.191 e. The van der Waals surface area contributed by atoms with Crippen LogP contribution in [0.1, 0.15) is 26.1 Å². The summed E-state index contributed by atoms with van der Waals surface area (Å²) < 4.78 is 30.0. The minimum Gasteiger partial charge on any atom is -0.365 e. The lowest BCUT2D eigenvalue weighted by Gasteiger charge is -2.21. The quantitative estimate of drug-likeness (QED) is 0.558. The molecule has 2 N–H and O–H groups in total. The van der Waals surface area contributed by atoms with E-state index in [9.17, 15) is 8.78 Å². The summed E-state index contributed by atoms with van der Waals surface area (Å²) in [5.74, 6) is 0.588. The molecule has 2 aromatic rings. The second-order valence-corrected chi connectivity index (χ2v) is 6.70. The van der Waals surface area contributed by atoms with E-state index in [2.05, 4.69) is 25.8 Å². The molecule has 0 bridgehead atoms. The highest BCUT2D eigenvalue weighted by atomic mass is 19.1. The second-order valence-electron chi connectivity index (χ2n) is 6.70. The number of aliphatic imine (C=N–C) groups is 1. The van der Waals surface area contributed by atoms with Crippen LogP contribution in [0.15, 0.2) is 29.5 Å². The summed E-state index contributed by atoms with van der Waals surface area (Å²) in [7, 11) is 0. The van der Waals surface area contributed by atoms with Gasteiger partial charge in [-0.05, 0) is 25.5 Å². The van der Waals surface area contributed by atoms with Crippen molar-refractivity contribution in [1.29, 1.82) is 0 Å². The number of hydrogen-bond donors (Lipinski definition) is 2. The first-order valence-electron chi connectivity index (χ1n) is 9.72. The van der Waals surface area contributed by atoms with Crippen LogP contribution >= 0.6 is 0 Å². The van der Waals surface area contributed by atoms with Gasteiger partial charge in [0.2, 0.25) is 0 Å². The van der Waals surface area contributed by atoms with E-state index >= 15 is 0 Å². The molecule has 0 radical (unpaired) electrons. The standard InChI is InChI=1S/C19H27F2N7/c1-3-17-26-24-13-28(17)11-9-23-19(22-4-2)25-14-8-10-27(12-14)18-15(20)6-5-7-16(18)21/h5-7,13-14H,3-4,8-12H2,1-2H3,(H2,22,23,25). The first kappa shape index (κ1) is 20.0. The molecule has 3 rings (SSSR count). The van der Waals surface area contributed by atoms with Gasteiger partial charge in [0.15, 0.2) is 5.96 Å². The molecule has 1 atom stereocenters. The molecule has 2 heterocycles. The van der Waals surface area contributed by atoms with Crippen molar-refractivity contribution < 1.29 is 8.78 Å². The highest BCUT2D eigenvalue weighted by Gasteiger charge is 2.27. The van der Waals surface area contributed by atoms with E-state index in [1.807, 2.05) is 18.4 Å². The number of rotatable bonds is 7. The molecule has 1 aromatic carbocycles. The maximum absolute atomic E-state index is 14.0. The Balaban J connectivity index is 1.58. The highest BCUT2D eigenvalue weighted by Crippen LogP contribution is 2.26. The molecule has 7 nitrogen and oxygen atoms in total. The number of nitrogens with zero attached hydrogens (tertiary/aromatic N) is 5. The van der Waals surface area contributed by atoms with Crippen molar-refractivity contribution in [3.63, 3.8) is 0 Å². The summed E-state index contributed by atoms with van der Waals surface area (Å²) in [6.45, 7) is 7.17. The number of benzene rings is 1. The monoisotopic (exact) mass is 391 g/mol. The fourth-order valence-electron chi connectivity index (χ4n) is 3.39. The summed E-state index contributed by atoms with van der Waals surface area (Å²) in [6.07, 6.45) is 3.32. The topological polar surface area (TPSA) is 70.4 Å². The van der Waals surface area contributed by atoms with Gasteiger partial charge in [-0.25, -0.2) is 8.78 Å². The minimum absolute atomic E-state index is 0.0495. The molecule has 1 saturated heterocycles. The molecule has 1 unspecified atom stereocenters. The molecule has 1 aromatic heterocycles. The van der Waals surface area contributed by atoms with Crippen molar-refractivity contribution >= 4 is 11.6 Å². The Bertz CT molecular complexity index is 785. The molecule has 0 saturated carbocycles. The normalized spacial score (nSPS) is 17.2. The van der Waals surface area contributed by atoms with Crippen LogP contribution < -0.4 is 15.5 Å². The van der Waals surface area contributed by atoms with E-state index in [-0.39, 0.29) is 11.7 Å². The average Bonchev–Trinajstić information content (AvgIpc) is 3.31. The summed E-state index contributed by atoms with van der Waals surface area (Å²) >= 11 is 0. The van der Waals surface area contributed by atoms with Crippen molar-refractivity contribution in [3.05, 3.63) is 42.0 Å². The van der Waals surface area contributed by atoms with Crippen LogP contribution in [-0.4, -0.2) is 52.9 Å². The third-order valence-electron chi connectivity index (χ3n) is 4.75. The molecule has 9 heteroatoms. The lowest BCUT2D eigenvalue weighted by molar-refractivity contribution is 0.575. The van der Waals surface area contributed by atoms with Gasteiger partial charge < -0.3 is 20.1 Å². The summed E-state index contributed by atoms with van der Waals surface area (Å²) in [4.78, 5) is 6.36. The van der Waals surface area contributed by atoms with Gasteiger partial charge in [-0.15, -0.1) is 10.2 Å². The zero-order chi connectivity index (χ0) is 19.9. The molecular weight excluding hydrogens is 364 g/mol. The van der Waals surface area contributed by atoms with E-state index in [1.165, 1.54) is 18.2 Å². The van der Waals surface area contributed by atoms with Crippen LogP contribution in [0.2, 0.25) is 0 Å². The van der Waals surface area contributed by atoms with Gasteiger partial charge >= 0.3 is 0 Å². The van der Waals surface area contributed by atoms with Crippen LogP contribution in [0, 0.1) is 11.6 Å². The zero-order valence-electron chi connectivity index (χ0n) is 16.3. The van der Waals surface area contributed by atoms with Gasteiger partial charge in [0.25, 0.3) is 0 Å². The first-order chi connectivity index (χ1) is 13.6. The van der Waals surface area contributed by atoms with Crippen LogP contribution in [0.3, 0.4) is 0 Å². The number of guanidine groups is 1. The van der Waals surface area contributed by atoms with E-state index in [0.29, 0.717) is 32.1 Å². The van der Waals surface area contributed by atoms with Crippen molar-refractivity contribution in [2.24, 2.45) is 4.99 Å². The van der Waals surface area contributed by atoms with E-state index in [1.54, 1.807) is 11.2 Å². The SMILES string of the molecule is CCNC(=NCCn1cnnc1CC)NC1CCN(c2c(F)cccc2F)C1. The maximum atomic E-state index is 14.0. The van der Waals surface area contributed by atoms with Gasteiger partial charge in [-0.2, -0.15) is 0 Å². The maximum Gasteiger partial charge on any atom is 0.191 e. The Morgan fingerprint density at radius 3 is 2.79 bits per heavy atom. The number of aryl methyl sites for hydroxylation is 1. The van der Waals surface area contributed by atoms with Crippen LogP contribution in [0.5, 0.6) is 0 Å². The van der Waals surface area contributed by atoms with Gasteiger partial charge in [0, 0.05) is 38.6 Å². The predicted octanol–water partition coefficient (Wildman–Crippen LogP) is 1.95. The molecule has 0 spiro atoms. The second kappa shape index (κ2) is 9.48. The van der Waals surface area contributed by atoms with Gasteiger partial charge in [0.05, 0.1) is 6.54 Å². The zero-order valence-corrected chi connectivity index (χ0v) is 16.3. The van der Waals surface area contributed by atoms with Gasteiger partial charge in [0.1, 0.15) is 29.5 Å². The van der Waals surface area contributed by atoms with E-state index in [0.717, 1.165) is 25.2 Å². The lowest BCUT2D eigenvalue weighted by atomic mass is 10.2. The molecule has 0 aliphatic carbocycles. The number of aromatic nitrogens is 3. The fourth-order valence-corrected chi connectivity index (χ4v) is 3.39. The Morgan fingerprint density at radius 1 is 1.29 bits per heavy atom. The van der Waals surface area contributed by atoms with Crippen molar-refractivity contribution in [2.45, 2.75) is 39.3 Å². The molecule has 1 aliphatic rings. The Kier molecular flexibility index (Phi) is 6.78. The molecular formula is C19H27F2N7. The minimum atomic E-state index is -0.526. The van der Waals surface area contributed by atoms with Crippen molar-refractivity contribution in [1.82, 2.24) is 25.4 Å². The first-order valence-corrected chi connectivity index (χ1v) is 9.72. The Morgan fingerprint density at radius 2 is 2.07 bits per heavy atom. The summed E-state index contributed by atoms with van der Waals surface area (Å²) in [5, 5.41) is 14.6. The van der Waals surface area contributed by atoms with Crippen LogP contribution in [0.4, 0.5) is 14.5 Å². The third-order valence-corrected chi connectivity index (χ3v) is 4.75. The number of nitrogens with one attached hydrogen (secondary N) is 2. The predicted molar refractivity (Wildman–Crippen MR) is 105 cm³/mol. The van der Waals surface area contributed by atoms with Gasteiger partial charge in [-0.3, -0.25) is 4.99 Å². The van der Waals surface area contributed by atoms with E-state index < -0.39 is 11.6 Å². The van der Waals surface area contributed by atoms with Crippen LogP contribution in [-0.2, 0) is 13.0 Å². The van der Waals surface area contributed by atoms with E-state index in [4.69, 9.17) is 0 Å². The third kappa shape index (κ3) is 4.76. The number of anilines is 1. The highest BCUT2D eigenvalue weighted by molar-refractivity contribution is 5.80. The summed E-state index contributed by atoms with van der Waals surface area (Å²) in [5.41, 5.74) is 0.0495. The number of para-hydroxylation sites is 1. The summed E-state index contributed by atoms with van der Waals surface area (Å²) in [6, 6.07) is 4.04. The largest absolute Gasteiger partial charge is 0.365 e. The molecule has 1 aliphatic heterocycles. The fraction of sp³-hybridized carbons (Fsp3) is 0.526. The van der Waals surface area contributed by atoms with Crippen LogP contribution in [0.25, 0.3) is 0 Å². The number of hydrogen-bond acceptors (Lipinski definition) is 4. The number of halogens is 2. The molecule has 152 valence electrons.